The van der Waals surface area contributed by atoms with Gasteiger partial charge in [0.1, 0.15) is 0 Å². The fraction of sp³-hybridized carbons (Fsp3) is 0.500. The van der Waals surface area contributed by atoms with Crippen molar-refractivity contribution in [1.82, 2.24) is 9.78 Å². The molecule has 0 radical (unpaired) electrons. The van der Waals surface area contributed by atoms with Gasteiger partial charge in [-0.25, -0.2) is 13.1 Å². The Morgan fingerprint density at radius 1 is 1.36 bits per heavy atom. The first-order chi connectivity index (χ1) is 11.9. The predicted molar refractivity (Wildman–Crippen MR) is 98.8 cm³/mol. The largest absolute Gasteiger partial charge is 0.377 e. The van der Waals surface area contributed by atoms with Crippen molar-refractivity contribution >= 4 is 15.7 Å². The van der Waals surface area contributed by atoms with Crippen molar-refractivity contribution in [1.29, 1.82) is 0 Å². The third-order valence-corrected chi connectivity index (χ3v) is 5.73. The van der Waals surface area contributed by atoms with Crippen LogP contribution in [0.1, 0.15) is 43.9 Å². The molecular weight excluding hydrogens is 338 g/mol. The van der Waals surface area contributed by atoms with Gasteiger partial charge in [0.2, 0.25) is 10.0 Å². The van der Waals surface area contributed by atoms with Gasteiger partial charge in [-0.3, -0.25) is 4.72 Å². The van der Waals surface area contributed by atoms with Crippen LogP contribution in [0.5, 0.6) is 0 Å². The Morgan fingerprint density at radius 3 is 2.76 bits per heavy atom. The highest BCUT2D eigenvalue weighted by Gasteiger charge is 2.26. The predicted octanol–water partition coefficient (Wildman–Crippen LogP) is 3.22. The summed E-state index contributed by atoms with van der Waals surface area (Å²) in [6, 6.07) is 7.93. The molecule has 25 heavy (non-hydrogen) atoms. The lowest BCUT2D eigenvalue weighted by atomic mass is 10.1. The number of ether oxygens (including phenoxy) is 1. The summed E-state index contributed by atoms with van der Waals surface area (Å²) in [6.45, 7) is 6.72. The van der Waals surface area contributed by atoms with Crippen LogP contribution in [0.15, 0.2) is 30.5 Å². The second kappa shape index (κ2) is 7.17. The van der Waals surface area contributed by atoms with Gasteiger partial charge in [-0.1, -0.05) is 32.0 Å². The molecule has 1 saturated heterocycles. The van der Waals surface area contributed by atoms with Crippen LogP contribution in [-0.4, -0.2) is 36.7 Å². The maximum absolute atomic E-state index is 12.5. The van der Waals surface area contributed by atoms with E-state index in [9.17, 15) is 8.42 Å². The summed E-state index contributed by atoms with van der Waals surface area (Å²) in [7, 11) is -3.48. The lowest BCUT2D eigenvalue weighted by molar-refractivity contribution is 0.127. The average Bonchev–Trinajstić information content (AvgIpc) is 3.16. The van der Waals surface area contributed by atoms with Crippen molar-refractivity contribution in [2.24, 2.45) is 0 Å². The van der Waals surface area contributed by atoms with Gasteiger partial charge < -0.3 is 4.74 Å². The molecule has 3 rings (SSSR count). The van der Waals surface area contributed by atoms with Gasteiger partial charge in [-0.05, 0) is 37.3 Å². The zero-order chi connectivity index (χ0) is 18.0. The summed E-state index contributed by atoms with van der Waals surface area (Å²) in [5.41, 5.74) is 3.43. The van der Waals surface area contributed by atoms with E-state index in [0.29, 0.717) is 12.3 Å². The Bertz CT molecular complexity index is 837. The number of anilines is 1. The number of aryl methyl sites for hydroxylation is 1. The van der Waals surface area contributed by atoms with Gasteiger partial charge in [-0.15, -0.1) is 0 Å². The first-order valence-corrected chi connectivity index (χ1v) is 10.3. The lowest BCUT2D eigenvalue weighted by Crippen LogP contribution is -2.26. The monoisotopic (exact) mass is 363 g/mol. The molecule has 1 aliphatic heterocycles. The SMILES string of the molecule is Cc1ccccc1-n1ncc(NS(=O)(=O)C[C@H]2CCCO2)c1C(C)C. The maximum atomic E-state index is 12.5. The Balaban J connectivity index is 1.91. The molecular formula is C18H25N3O3S. The highest BCUT2D eigenvalue weighted by Crippen LogP contribution is 2.29. The van der Waals surface area contributed by atoms with Crippen molar-refractivity contribution in [3.63, 3.8) is 0 Å². The number of sulfonamides is 1. The zero-order valence-electron chi connectivity index (χ0n) is 14.9. The highest BCUT2D eigenvalue weighted by molar-refractivity contribution is 7.92. The molecule has 1 N–H and O–H groups in total. The van der Waals surface area contributed by atoms with Crippen LogP contribution in [0.25, 0.3) is 5.69 Å². The smallest absolute Gasteiger partial charge is 0.235 e. The Morgan fingerprint density at radius 2 is 2.12 bits per heavy atom. The van der Waals surface area contributed by atoms with Crippen LogP contribution >= 0.6 is 0 Å². The van der Waals surface area contributed by atoms with Gasteiger partial charge in [0.15, 0.2) is 0 Å². The van der Waals surface area contributed by atoms with Crippen LogP contribution in [0.3, 0.4) is 0 Å². The molecule has 6 nitrogen and oxygen atoms in total. The number of benzene rings is 1. The highest BCUT2D eigenvalue weighted by atomic mass is 32.2. The van der Waals surface area contributed by atoms with E-state index in [0.717, 1.165) is 29.8 Å². The molecule has 0 saturated carbocycles. The van der Waals surface area contributed by atoms with Crippen molar-refractivity contribution in [3.05, 3.63) is 41.7 Å². The van der Waals surface area contributed by atoms with Gasteiger partial charge in [0.05, 0.1) is 35.1 Å². The Hall–Kier alpha value is -1.86. The van der Waals surface area contributed by atoms with Gasteiger partial charge in [0, 0.05) is 6.61 Å². The molecule has 1 aromatic carbocycles. The molecule has 136 valence electrons. The standard InChI is InChI=1S/C18H25N3O3S/c1-13(2)18-16(20-25(22,23)12-15-8-6-10-24-15)11-19-21(18)17-9-5-4-7-14(17)3/h4-5,7,9,11,13,15,20H,6,8,10,12H2,1-3H3/t15-/m1/s1. The number of nitrogens with zero attached hydrogens (tertiary/aromatic N) is 2. The number of nitrogens with one attached hydrogen (secondary N) is 1. The fourth-order valence-corrected chi connectivity index (χ4v) is 4.54. The molecule has 1 aliphatic rings. The fourth-order valence-electron chi connectivity index (χ4n) is 3.21. The molecule has 0 spiro atoms. The second-order valence-electron chi connectivity index (χ2n) is 6.81. The molecule has 0 unspecified atom stereocenters. The summed E-state index contributed by atoms with van der Waals surface area (Å²) in [4.78, 5) is 0. The summed E-state index contributed by atoms with van der Waals surface area (Å²) in [5.74, 6) is 0.0997. The molecule has 1 atom stereocenters. The van der Waals surface area contributed by atoms with Crippen LogP contribution in [0.2, 0.25) is 0 Å². The summed E-state index contributed by atoms with van der Waals surface area (Å²) < 4.78 is 35.0. The number of para-hydroxylation sites is 1. The second-order valence-corrected chi connectivity index (χ2v) is 8.58. The minimum atomic E-state index is -3.48. The first kappa shape index (κ1) is 17.9. The Kier molecular flexibility index (Phi) is 5.15. The number of rotatable bonds is 6. The van der Waals surface area contributed by atoms with E-state index in [1.54, 1.807) is 6.20 Å². The molecule has 7 heteroatoms. The number of aromatic nitrogens is 2. The normalized spacial score (nSPS) is 18.0. The average molecular weight is 363 g/mol. The Labute approximate surface area is 149 Å². The zero-order valence-corrected chi connectivity index (χ0v) is 15.7. The summed E-state index contributed by atoms with van der Waals surface area (Å²) in [5, 5.41) is 4.44. The van der Waals surface area contributed by atoms with Crippen molar-refractivity contribution in [2.75, 3.05) is 17.1 Å². The van der Waals surface area contributed by atoms with E-state index < -0.39 is 10.0 Å². The maximum Gasteiger partial charge on any atom is 0.235 e. The van der Waals surface area contributed by atoms with Gasteiger partial charge in [-0.2, -0.15) is 5.10 Å². The molecule has 0 aliphatic carbocycles. The quantitative estimate of drug-likeness (QED) is 0.855. The van der Waals surface area contributed by atoms with Crippen molar-refractivity contribution in [2.45, 2.75) is 45.6 Å². The molecule has 0 bridgehead atoms. The third kappa shape index (κ3) is 4.04. The molecule has 1 fully saturated rings. The van der Waals surface area contributed by atoms with Crippen molar-refractivity contribution in [3.8, 4) is 5.69 Å². The molecule has 2 heterocycles. The van der Waals surface area contributed by atoms with E-state index in [2.05, 4.69) is 9.82 Å². The van der Waals surface area contributed by atoms with Gasteiger partial charge in [0.25, 0.3) is 0 Å². The van der Waals surface area contributed by atoms with Crippen LogP contribution in [-0.2, 0) is 14.8 Å². The summed E-state index contributed by atoms with van der Waals surface area (Å²) >= 11 is 0. The minimum Gasteiger partial charge on any atom is -0.377 e. The molecule has 0 amide bonds. The van der Waals surface area contributed by atoms with Crippen LogP contribution in [0.4, 0.5) is 5.69 Å². The first-order valence-electron chi connectivity index (χ1n) is 8.63. The number of hydrogen-bond donors (Lipinski definition) is 1. The topological polar surface area (TPSA) is 73.2 Å². The van der Waals surface area contributed by atoms with E-state index in [-0.39, 0.29) is 17.8 Å². The summed E-state index contributed by atoms with van der Waals surface area (Å²) in [6.07, 6.45) is 3.09. The van der Waals surface area contributed by atoms with Gasteiger partial charge >= 0.3 is 0 Å². The van der Waals surface area contributed by atoms with Crippen molar-refractivity contribution < 1.29 is 13.2 Å². The van der Waals surface area contributed by atoms with Crippen LogP contribution in [0, 0.1) is 6.92 Å². The van der Waals surface area contributed by atoms with E-state index in [1.807, 2.05) is 49.7 Å². The molecule has 2 aromatic rings. The minimum absolute atomic E-state index is 0.0138. The van der Waals surface area contributed by atoms with E-state index >= 15 is 0 Å². The van der Waals surface area contributed by atoms with E-state index in [1.165, 1.54) is 0 Å². The molecule has 1 aromatic heterocycles. The number of hydrogen-bond acceptors (Lipinski definition) is 4. The third-order valence-electron chi connectivity index (χ3n) is 4.39. The van der Waals surface area contributed by atoms with E-state index in [4.69, 9.17) is 4.74 Å². The lowest BCUT2D eigenvalue weighted by Gasteiger charge is -2.16. The van der Waals surface area contributed by atoms with Crippen LogP contribution < -0.4 is 4.72 Å².